The second kappa shape index (κ2) is 4.82. The molecule has 0 unspecified atom stereocenters. The third-order valence-electron chi connectivity index (χ3n) is 3.70. The maximum Gasteiger partial charge on any atom is 0.462 e. The Labute approximate surface area is 122 Å². The summed E-state index contributed by atoms with van der Waals surface area (Å²) < 4.78 is 12.9. The maximum atomic E-state index is 6.21. The summed E-state index contributed by atoms with van der Waals surface area (Å²) in [7, 11) is -0.242. The predicted octanol–water partition coefficient (Wildman–Crippen LogP) is 4.28. The summed E-state index contributed by atoms with van der Waals surface area (Å²) in [6.45, 7) is 8.21. The number of halogens is 2. The van der Waals surface area contributed by atoms with Crippen molar-refractivity contribution in [2.45, 2.75) is 45.2 Å². The van der Waals surface area contributed by atoms with Crippen molar-refractivity contribution >= 4 is 34.6 Å². The van der Waals surface area contributed by atoms with Crippen LogP contribution in [0.2, 0.25) is 5.02 Å². The van der Waals surface area contributed by atoms with Crippen LogP contribution in [-0.4, -0.2) is 18.3 Å². The van der Waals surface area contributed by atoms with Gasteiger partial charge in [-0.25, -0.2) is 0 Å². The van der Waals surface area contributed by atoms with E-state index in [0.717, 1.165) is 15.1 Å². The summed E-state index contributed by atoms with van der Waals surface area (Å²) in [5.41, 5.74) is 0.456. The minimum absolute atomic E-state index is 0.242. The number of benzene rings is 1. The molecule has 2 nitrogen and oxygen atoms in total. The number of rotatable bonds is 2. The second-order valence-corrected chi connectivity index (χ2v) is 6.95. The molecule has 0 aromatic heterocycles. The summed E-state index contributed by atoms with van der Waals surface area (Å²) in [4.78, 5) is 0. The SMILES string of the molecule is CC1(C)OB(Cc2ccc(Br)cc2Cl)OC1(C)C. The van der Waals surface area contributed by atoms with Crippen LogP contribution in [0.3, 0.4) is 0 Å². The van der Waals surface area contributed by atoms with Crippen molar-refractivity contribution in [3.63, 3.8) is 0 Å². The van der Waals surface area contributed by atoms with Crippen LogP contribution in [0.4, 0.5) is 0 Å². The van der Waals surface area contributed by atoms with Gasteiger partial charge in [-0.05, 0) is 45.4 Å². The molecule has 0 amide bonds. The number of hydrogen-bond donors (Lipinski definition) is 0. The van der Waals surface area contributed by atoms with Gasteiger partial charge in [0.1, 0.15) is 0 Å². The quantitative estimate of drug-likeness (QED) is 0.753. The lowest BCUT2D eigenvalue weighted by Gasteiger charge is -2.32. The molecule has 1 fully saturated rings. The molecule has 1 heterocycles. The normalized spacial score (nSPS) is 21.3. The van der Waals surface area contributed by atoms with Crippen LogP contribution in [0.15, 0.2) is 22.7 Å². The highest BCUT2D eigenvalue weighted by Gasteiger charge is 2.50. The summed E-state index contributed by atoms with van der Waals surface area (Å²) in [6.07, 6.45) is 0.666. The van der Waals surface area contributed by atoms with Gasteiger partial charge in [-0.3, -0.25) is 0 Å². The molecule has 98 valence electrons. The van der Waals surface area contributed by atoms with Gasteiger partial charge in [0.25, 0.3) is 0 Å². The zero-order chi connectivity index (χ0) is 13.6. The Kier molecular flexibility index (Phi) is 3.85. The molecule has 5 heteroatoms. The highest BCUT2D eigenvalue weighted by molar-refractivity contribution is 9.10. The molecule has 0 saturated carbocycles. The summed E-state index contributed by atoms with van der Waals surface area (Å²) >= 11 is 9.61. The molecule has 1 saturated heterocycles. The molecule has 2 rings (SSSR count). The maximum absolute atomic E-state index is 6.21. The zero-order valence-corrected chi connectivity index (χ0v) is 13.4. The van der Waals surface area contributed by atoms with E-state index < -0.39 is 0 Å². The van der Waals surface area contributed by atoms with Gasteiger partial charge in [0.2, 0.25) is 0 Å². The standard InChI is InChI=1S/C13H17BBrClO2/c1-12(2)13(3,4)18-14(17-12)8-9-5-6-10(15)7-11(9)16/h5-7H,8H2,1-4H3. The molecular formula is C13H17BBrClO2. The average Bonchev–Trinajstić information content (AvgIpc) is 2.40. The van der Waals surface area contributed by atoms with Crippen molar-refractivity contribution in [2.75, 3.05) is 0 Å². The first-order valence-electron chi connectivity index (χ1n) is 6.01. The summed E-state index contributed by atoms with van der Waals surface area (Å²) in [6, 6.07) is 5.87. The highest BCUT2D eigenvalue weighted by Crippen LogP contribution is 2.38. The lowest BCUT2D eigenvalue weighted by atomic mass is 9.81. The first-order chi connectivity index (χ1) is 8.21. The molecule has 0 radical (unpaired) electrons. The van der Waals surface area contributed by atoms with Crippen molar-refractivity contribution < 1.29 is 9.31 Å². The summed E-state index contributed by atoms with van der Waals surface area (Å²) in [5.74, 6) is 0. The van der Waals surface area contributed by atoms with E-state index in [9.17, 15) is 0 Å². The van der Waals surface area contributed by atoms with Crippen LogP contribution in [0.5, 0.6) is 0 Å². The molecule has 1 aromatic rings. The van der Waals surface area contributed by atoms with Gasteiger partial charge in [0.05, 0.1) is 11.2 Å². The molecule has 0 bridgehead atoms. The number of hydrogen-bond acceptors (Lipinski definition) is 2. The van der Waals surface area contributed by atoms with E-state index >= 15 is 0 Å². The van der Waals surface area contributed by atoms with E-state index in [0.29, 0.717) is 6.32 Å². The Balaban J connectivity index is 2.12. The van der Waals surface area contributed by atoms with Crippen LogP contribution in [0.1, 0.15) is 33.3 Å². The van der Waals surface area contributed by atoms with Crippen LogP contribution in [0.25, 0.3) is 0 Å². The fourth-order valence-electron chi connectivity index (χ4n) is 1.92. The first kappa shape index (κ1) is 14.4. The Morgan fingerprint density at radius 1 is 1.17 bits per heavy atom. The van der Waals surface area contributed by atoms with Gasteiger partial charge in [-0.2, -0.15) is 0 Å². The monoisotopic (exact) mass is 330 g/mol. The highest BCUT2D eigenvalue weighted by atomic mass is 79.9. The van der Waals surface area contributed by atoms with E-state index in [4.69, 9.17) is 20.9 Å². The van der Waals surface area contributed by atoms with E-state index in [1.807, 2.05) is 18.2 Å². The predicted molar refractivity (Wildman–Crippen MR) is 78.9 cm³/mol. The third kappa shape index (κ3) is 2.77. The van der Waals surface area contributed by atoms with Crippen molar-refractivity contribution in [1.29, 1.82) is 0 Å². The smallest absolute Gasteiger partial charge is 0.403 e. The Hall–Kier alpha value is -0.0251. The van der Waals surface area contributed by atoms with Crippen molar-refractivity contribution in [3.05, 3.63) is 33.3 Å². The van der Waals surface area contributed by atoms with Gasteiger partial charge < -0.3 is 9.31 Å². The molecule has 18 heavy (non-hydrogen) atoms. The molecule has 1 aliphatic rings. The topological polar surface area (TPSA) is 18.5 Å². The summed E-state index contributed by atoms with van der Waals surface area (Å²) in [5, 5.41) is 0.735. The lowest BCUT2D eigenvalue weighted by molar-refractivity contribution is 0.00578. The van der Waals surface area contributed by atoms with E-state index in [2.05, 4.69) is 43.6 Å². The molecule has 0 spiro atoms. The largest absolute Gasteiger partial charge is 0.462 e. The van der Waals surface area contributed by atoms with Gasteiger partial charge in [-0.1, -0.05) is 33.6 Å². The van der Waals surface area contributed by atoms with Gasteiger partial charge >= 0.3 is 7.12 Å². The van der Waals surface area contributed by atoms with Crippen molar-refractivity contribution in [1.82, 2.24) is 0 Å². The molecule has 1 aliphatic heterocycles. The molecule has 0 atom stereocenters. The third-order valence-corrected chi connectivity index (χ3v) is 4.55. The fraction of sp³-hybridized carbons (Fsp3) is 0.538. The molecule has 0 N–H and O–H groups in total. The molecule has 0 aliphatic carbocycles. The first-order valence-corrected chi connectivity index (χ1v) is 7.18. The molecule has 1 aromatic carbocycles. The minimum Gasteiger partial charge on any atom is -0.403 e. The Bertz CT molecular complexity index is 446. The van der Waals surface area contributed by atoms with Crippen LogP contribution in [0, 0.1) is 0 Å². The minimum atomic E-state index is -0.292. The van der Waals surface area contributed by atoms with Crippen LogP contribution in [-0.2, 0) is 15.6 Å². The average molecular weight is 331 g/mol. The van der Waals surface area contributed by atoms with Gasteiger partial charge in [0.15, 0.2) is 0 Å². The van der Waals surface area contributed by atoms with Gasteiger partial charge in [-0.15, -0.1) is 0 Å². The van der Waals surface area contributed by atoms with Crippen molar-refractivity contribution in [2.24, 2.45) is 0 Å². The van der Waals surface area contributed by atoms with Crippen molar-refractivity contribution in [3.8, 4) is 0 Å². The Morgan fingerprint density at radius 2 is 1.72 bits per heavy atom. The lowest BCUT2D eigenvalue weighted by Crippen LogP contribution is -2.41. The second-order valence-electron chi connectivity index (χ2n) is 5.63. The Morgan fingerprint density at radius 3 is 2.22 bits per heavy atom. The van der Waals surface area contributed by atoms with E-state index in [-0.39, 0.29) is 18.3 Å². The molecular weight excluding hydrogens is 314 g/mol. The van der Waals surface area contributed by atoms with E-state index in [1.54, 1.807) is 0 Å². The van der Waals surface area contributed by atoms with Crippen LogP contribution >= 0.6 is 27.5 Å². The van der Waals surface area contributed by atoms with Crippen LogP contribution < -0.4 is 0 Å². The van der Waals surface area contributed by atoms with E-state index in [1.165, 1.54) is 0 Å². The fourth-order valence-corrected chi connectivity index (χ4v) is 2.67. The zero-order valence-electron chi connectivity index (χ0n) is 11.1. The van der Waals surface area contributed by atoms with Gasteiger partial charge in [0, 0.05) is 15.8 Å².